The SMILES string of the molecule is CCn1nc(C)cc1N=C=S. The van der Waals surface area contributed by atoms with Crippen LogP contribution in [0.2, 0.25) is 0 Å². The highest BCUT2D eigenvalue weighted by Crippen LogP contribution is 2.12. The standard InChI is InChI=1S/C7H9N3S/c1-3-10-7(8-5-11)4-6(2)9-10/h4H,3H2,1-2H3. The molecule has 4 heteroatoms. The number of hydrogen-bond acceptors (Lipinski definition) is 3. The van der Waals surface area contributed by atoms with Crippen LogP contribution in [0.15, 0.2) is 11.1 Å². The summed E-state index contributed by atoms with van der Waals surface area (Å²) < 4.78 is 1.79. The zero-order valence-electron chi connectivity index (χ0n) is 6.53. The summed E-state index contributed by atoms with van der Waals surface area (Å²) in [7, 11) is 0. The molecule has 0 amide bonds. The van der Waals surface area contributed by atoms with Gasteiger partial charge in [0.05, 0.1) is 10.9 Å². The quantitative estimate of drug-likeness (QED) is 0.497. The van der Waals surface area contributed by atoms with Crippen molar-refractivity contribution in [1.29, 1.82) is 0 Å². The second kappa shape index (κ2) is 3.42. The van der Waals surface area contributed by atoms with Gasteiger partial charge < -0.3 is 0 Å². The Balaban J connectivity index is 3.11. The highest BCUT2D eigenvalue weighted by Gasteiger charge is 1.99. The number of aliphatic imine (C=N–C) groups is 1. The van der Waals surface area contributed by atoms with Crippen LogP contribution in [0, 0.1) is 6.92 Å². The summed E-state index contributed by atoms with van der Waals surface area (Å²) >= 11 is 4.49. The number of thiocarbonyl (C=S) groups is 1. The largest absolute Gasteiger partial charge is 0.247 e. The lowest BCUT2D eigenvalue weighted by Crippen LogP contribution is -1.95. The molecule has 0 radical (unpaired) electrons. The van der Waals surface area contributed by atoms with Crippen LogP contribution < -0.4 is 0 Å². The van der Waals surface area contributed by atoms with Gasteiger partial charge in [0.25, 0.3) is 0 Å². The first-order chi connectivity index (χ1) is 5.27. The minimum absolute atomic E-state index is 0.778. The lowest BCUT2D eigenvalue weighted by atomic mass is 10.5. The predicted molar refractivity (Wildman–Crippen MR) is 47.3 cm³/mol. The van der Waals surface area contributed by atoms with Crippen molar-refractivity contribution in [3.8, 4) is 0 Å². The van der Waals surface area contributed by atoms with Gasteiger partial charge in [0.1, 0.15) is 0 Å². The Kier molecular flexibility index (Phi) is 2.52. The van der Waals surface area contributed by atoms with Gasteiger partial charge in [-0.25, -0.2) is 4.68 Å². The van der Waals surface area contributed by atoms with Gasteiger partial charge in [-0.15, -0.1) is 0 Å². The molecule has 0 spiro atoms. The van der Waals surface area contributed by atoms with E-state index in [2.05, 4.69) is 27.5 Å². The van der Waals surface area contributed by atoms with E-state index < -0.39 is 0 Å². The molecule has 3 nitrogen and oxygen atoms in total. The number of aryl methyl sites for hydroxylation is 2. The Morgan fingerprint density at radius 3 is 3.09 bits per heavy atom. The average molecular weight is 167 g/mol. The van der Waals surface area contributed by atoms with Crippen molar-refractivity contribution in [3.63, 3.8) is 0 Å². The third-order valence-corrected chi connectivity index (χ3v) is 1.43. The van der Waals surface area contributed by atoms with E-state index in [1.165, 1.54) is 0 Å². The van der Waals surface area contributed by atoms with E-state index in [0.717, 1.165) is 18.1 Å². The number of nitrogens with zero attached hydrogens (tertiary/aromatic N) is 3. The molecule has 0 aliphatic carbocycles. The first-order valence-electron chi connectivity index (χ1n) is 3.40. The first-order valence-corrected chi connectivity index (χ1v) is 3.81. The zero-order valence-corrected chi connectivity index (χ0v) is 7.35. The Morgan fingerprint density at radius 2 is 2.55 bits per heavy atom. The number of rotatable bonds is 2. The Labute approximate surface area is 70.8 Å². The van der Waals surface area contributed by atoms with E-state index in [-0.39, 0.29) is 0 Å². The van der Waals surface area contributed by atoms with Crippen LogP contribution in [0.4, 0.5) is 5.82 Å². The smallest absolute Gasteiger partial charge is 0.161 e. The minimum atomic E-state index is 0.778. The summed E-state index contributed by atoms with van der Waals surface area (Å²) in [6, 6.07) is 1.88. The van der Waals surface area contributed by atoms with E-state index in [4.69, 9.17) is 0 Å². The van der Waals surface area contributed by atoms with Crippen molar-refractivity contribution in [2.45, 2.75) is 20.4 Å². The number of hydrogen-bond donors (Lipinski definition) is 0. The van der Waals surface area contributed by atoms with Crippen LogP contribution in [0.25, 0.3) is 0 Å². The van der Waals surface area contributed by atoms with Crippen molar-refractivity contribution in [2.24, 2.45) is 4.99 Å². The van der Waals surface area contributed by atoms with Gasteiger partial charge in [0.2, 0.25) is 0 Å². The topological polar surface area (TPSA) is 30.2 Å². The maximum atomic E-state index is 4.49. The fourth-order valence-electron chi connectivity index (χ4n) is 0.901. The molecule has 0 atom stereocenters. The van der Waals surface area contributed by atoms with E-state index >= 15 is 0 Å². The third-order valence-electron chi connectivity index (χ3n) is 1.34. The van der Waals surface area contributed by atoms with Gasteiger partial charge in [0.15, 0.2) is 5.82 Å². The van der Waals surface area contributed by atoms with Gasteiger partial charge in [-0.1, -0.05) is 0 Å². The molecule has 0 bridgehead atoms. The fraction of sp³-hybridized carbons (Fsp3) is 0.429. The molecule has 1 aromatic heterocycles. The molecule has 11 heavy (non-hydrogen) atoms. The molecular formula is C7H9N3S. The number of aromatic nitrogens is 2. The molecule has 0 saturated carbocycles. The lowest BCUT2D eigenvalue weighted by molar-refractivity contribution is 0.658. The lowest BCUT2D eigenvalue weighted by Gasteiger charge is -1.94. The molecule has 0 aliphatic rings. The normalized spacial score (nSPS) is 9.27. The van der Waals surface area contributed by atoms with Crippen molar-refractivity contribution in [3.05, 3.63) is 11.8 Å². The highest BCUT2D eigenvalue weighted by atomic mass is 32.1. The van der Waals surface area contributed by atoms with Crippen LogP contribution >= 0.6 is 12.2 Å². The molecule has 0 fully saturated rings. The van der Waals surface area contributed by atoms with Crippen LogP contribution in [-0.4, -0.2) is 14.9 Å². The minimum Gasteiger partial charge on any atom is -0.247 e. The molecule has 0 aromatic carbocycles. The molecular weight excluding hydrogens is 158 g/mol. The van der Waals surface area contributed by atoms with Gasteiger partial charge in [-0.3, -0.25) is 0 Å². The molecule has 1 rings (SSSR count). The zero-order chi connectivity index (χ0) is 8.27. The summed E-state index contributed by atoms with van der Waals surface area (Å²) in [4.78, 5) is 3.86. The highest BCUT2D eigenvalue weighted by molar-refractivity contribution is 7.78. The van der Waals surface area contributed by atoms with Crippen molar-refractivity contribution < 1.29 is 0 Å². The molecule has 0 aliphatic heterocycles. The van der Waals surface area contributed by atoms with Crippen molar-refractivity contribution in [2.75, 3.05) is 0 Å². The summed E-state index contributed by atoms with van der Waals surface area (Å²) in [5.41, 5.74) is 0.954. The van der Waals surface area contributed by atoms with Gasteiger partial charge in [-0.05, 0) is 26.1 Å². The monoisotopic (exact) mass is 167 g/mol. The van der Waals surface area contributed by atoms with E-state index in [1.807, 2.05) is 19.9 Å². The summed E-state index contributed by atoms with van der Waals surface area (Å²) in [5.74, 6) is 0.778. The maximum Gasteiger partial charge on any atom is 0.161 e. The molecule has 0 saturated heterocycles. The van der Waals surface area contributed by atoms with Crippen LogP contribution in [0.3, 0.4) is 0 Å². The Bertz CT molecular complexity index is 297. The number of isothiocyanates is 1. The molecule has 1 aromatic rings. The van der Waals surface area contributed by atoms with Gasteiger partial charge >= 0.3 is 0 Å². The van der Waals surface area contributed by atoms with Crippen molar-refractivity contribution >= 4 is 23.2 Å². The molecule has 1 heterocycles. The Hall–Kier alpha value is -0.990. The Morgan fingerprint density at radius 1 is 1.82 bits per heavy atom. The summed E-state index contributed by atoms with van der Waals surface area (Å²) in [6.45, 7) is 4.74. The third kappa shape index (κ3) is 1.73. The predicted octanol–water partition coefficient (Wildman–Crippen LogP) is 1.95. The second-order valence-electron chi connectivity index (χ2n) is 2.16. The average Bonchev–Trinajstić information content (AvgIpc) is 2.32. The second-order valence-corrected chi connectivity index (χ2v) is 2.35. The molecule has 0 N–H and O–H groups in total. The van der Waals surface area contributed by atoms with Gasteiger partial charge in [-0.2, -0.15) is 10.1 Å². The van der Waals surface area contributed by atoms with E-state index in [0.29, 0.717) is 0 Å². The first kappa shape index (κ1) is 8.11. The molecule has 58 valence electrons. The molecule has 0 unspecified atom stereocenters. The van der Waals surface area contributed by atoms with Crippen LogP contribution in [0.5, 0.6) is 0 Å². The van der Waals surface area contributed by atoms with Crippen molar-refractivity contribution in [1.82, 2.24) is 9.78 Å². The van der Waals surface area contributed by atoms with Gasteiger partial charge in [0, 0.05) is 12.6 Å². The van der Waals surface area contributed by atoms with E-state index in [1.54, 1.807) is 4.68 Å². The van der Waals surface area contributed by atoms with Crippen LogP contribution in [0.1, 0.15) is 12.6 Å². The van der Waals surface area contributed by atoms with E-state index in [9.17, 15) is 0 Å². The summed E-state index contributed by atoms with van der Waals surface area (Å²) in [5, 5.41) is 6.50. The summed E-state index contributed by atoms with van der Waals surface area (Å²) in [6.07, 6.45) is 0. The maximum absolute atomic E-state index is 4.49. The van der Waals surface area contributed by atoms with Crippen LogP contribution in [-0.2, 0) is 6.54 Å². The fourth-order valence-corrected chi connectivity index (χ4v) is 0.995.